The highest BCUT2D eigenvalue weighted by Gasteiger charge is 2.13. The van der Waals surface area contributed by atoms with Crippen LogP contribution in [-0.4, -0.2) is 35.1 Å². The monoisotopic (exact) mass is 315 g/mol. The van der Waals surface area contributed by atoms with Crippen LogP contribution in [0.25, 0.3) is 6.08 Å². The van der Waals surface area contributed by atoms with Gasteiger partial charge in [0.1, 0.15) is 0 Å². The molecular weight excluding hydrogens is 297 g/mol. The second-order valence-corrected chi connectivity index (χ2v) is 5.46. The predicted molar refractivity (Wildman–Crippen MR) is 84.0 cm³/mol. The van der Waals surface area contributed by atoms with E-state index in [4.69, 9.17) is 28.3 Å². The zero-order valence-electron chi connectivity index (χ0n) is 11.6. The second-order valence-electron chi connectivity index (χ2n) is 4.68. The number of carbonyl (C=O) groups excluding carboxylic acids is 1. The van der Waals surface area contributed by atoms with Crippen molar-refractivity contribution < 1.29 is 9.90 Å². The molecule has 1 aromatic carbocycles. The zero-order chi connectivity index (χ0) is 15.1. The van der Waals surface area contributed by atoms with E-state index in [1.807, 2.05) is 13.8 Å². The van der Waals surface area contributed by atoms with Crippen LogP contribution in [-0.2, 0) is 4.79 Å². The number of hydrogen-bond acceptors (Lipinski definition) is 2. The fourth-order valence-corrected chi connectivity index (χ4v) is 2.14. The van der Waals surface area contributed by atoms with Crippen molar-refractivity contribution in [2.24, 2.45) is 0 Å². The van der Waals surface area contributed by atoms with Crippen molar-refractivity contribution in [1.29, 1.82) is 0 Å². The summed E-state index contributed by atoms with van der Waals surface area (Å²) in [6, 6.07) is 5.36. The van der Waals surface area contributed by atoms with Gasteiger partial charge in [-0.2, -0.15) is 0 Å². The molecule has 110 valence electrons. The number of aliphatic hydroxyl groups excluding tert-OH is 1. The fraction of sp³-hybridized carbons (Fsp3) is 0.400. The number of nitrogens with zero attached hydrogens (tertiary/aromatic N) is 1. The molecule has 0 bridgehead atoms. The molecule has 20 heavy (non-hydrogen) atoms. The Morgan fingerprint density at radius 3 is 2.70 bits per heavy atom. The molecule has 0 saturated heterocycles. The highest BCUT2D eigenvalue weighted by molar-refractivity contribution is 6.42. The van der Waals surface area contributed by atoms with Gasteiger partial charge >= 0.3 is 0 Å². The molecule has 1 N–H and O–H groups in total. The van der Waals surface area contributed by atoms with E-state index in [1.54, 1.807) is 29.2 Å². The molecule has 0 unspecified atom stereocenters. The summed E-state index contributed by atoms with van der Waals surface area (Å²) in [5.74, 6) is -0.107. The first-order chi connectivity index (χ1) is 9.47. The highest BCUT2D eigenvalue weighted by Crippen LogP contribution is 2.26. The topological polar surface area (TPSA) is 40.5 Å². The summed E-state index contributed by atoms with van der Waals surface area (Å²) < 4.78 is 0. The van der Waals surface area contributed by atoms with Crippen molar-refractivity contribution in [1.82, 2.24) is 4.90 Å². The van der Waals surface area contributed by atoms with Crippen molar-refractivity contribution in [2.45, 2.75) is 26.3 Å². The summed E-state index contributed by atoms with van der Waals surface area (Å²) in [6.45, 7) is 4.48. The van der Waals surface area contributed by atoms with Gasteiger partial charge in [0, 0.05) is 25.3 Å². The van der Waals surface area contributed by atoms with Crippen molar-refractivity contribution in [3.63, 3.8) is 0 Å². The molecule has 3 nitrogen and oxygen atoms in total. The molecule has 1 rings (SSSR count). The van der Waals surface area contributed by atoms with Gasteiger partial charge in [-0.05, 0) is 38.0 Å². The van der Waals surface area contributed by atoms with Crippen LogP contribution in [0.4, 0.5) is 0 Å². The predicted octanol–water partition coefficient (Wildman–Crippen LogP) is 3.63. The fourth-order valence-electron chi connectivity index (χ4n) is 1.77. The molecule has 0 aliphatic rings. The first kappa shape index (κ1) is 17.0. The van der Waals surface area contributed by atoms with Crippen LogP contribution in [0.3, 0.4) is 0 Å². The first-order valence-corrected chi connectivity index (χ1v) is 7.26. The number of amides is 1. The maximum absolute atomic E-state index is 12.1. The van der Waals surface area contributed by atoms with Crippen LogP contribution < -0.4 is 0 Å². The molecule has 0 radical (unpaired) electrons. The number of hydrogen-bond donors (Lipinski definition) is 1. The van der Waals surface area contributed by atoms with Gasteiger partial charge in [0.25, 0.3) is 0 Å². The molecule has 1 amide bonds. The summed E-state index contributed by atoms with van der Waals surface area (Å²) in [7, 11) is 0. The standard InChI is InChI=1S/C15H19Cl2NO2/c1-11(2)18(9-4-10-19)14(20)8-7-12-5-3-6-13(16)15(12)17/h3,5-8,11,19H,4,9-10H2,1-2H3/b8-7+. The number of benzene rings is 1. The maximum atomic E-state index is 12.1. The minimum Gasteiger partial charge on any atom is -0.396 e. The largest absolute Gasteiger partial charge is 0.396 e. The quantitative estimate of drug-likeness (QED) is 0.814. The van der Waals surface area contributed by atoms with Gasteiger partial charge in [0.15, 0.2) is 0 Å². The van der Waals surface area contributed by atoms with Crippen molar-refractivity contribution >= 4 is 35.2 Å². The van der Waals surface area contributed by atoms with Gasteiger partial charge in [-0.25, -0.2) is 0 Å². The Labute approximate surface area is 129 Å². The molecule has 1 aromatic rings. The summed E-state index contributed by atoms with van der Waals surface area (Å²) in [5, 5.41) is 9.76. The lowest BCUT2D eigenvalue weighted by molar-refractivity contribution is -0.127. The molecule has 5 heteroatoms. The molecule has 0 spiro atoms. The smallest absolute Gasteiger partial charge is 0.246 e. The number of carbonyl (C=O) groups is 1. The van der Waals surface area contributed by atoms with Crippen LogP contribution in [0.1, 0.15) is 25.8 Å². The van der Waals surface area contributed by atoms with E-state index < -0.39 is 0 Å². The van der Waals surface area contributed by atoms with E-state index in [0.717, 1.165) is 0 Å². The van der Waals surface area contributed by atoms with E-state index in [-0.39, 0.29) is 18.6 Å². The minimum absolute atomic E-state index is 0.0698. The third kappa shape index (κ3) is 4.82. The molecule has 0 fully saturated rings. The lowest BCUT2D eigenvalue weighted by atomic mass is 10.2. The summed E-state index contributed by atoms with van der Waals surface area (Å²) >= 11 is 12.0. The minimum atomic E-state index is -0.107. The summed E-state index contributed by atoms with van der Waals surface area (Å²) in [5.41, 5.74) is 0.707. The van der Waals surface area contributed by atoms with E-state index in [9.17, 15) is 4.79 Å². The van der Waals surface area contributed by atoms with E-state index >= 15 is 0 Å². The number of halogens is 2. The molecule has 0 atom stereocenters. The normalized spacial score (nSPS) is 11.3. The van der Waals surface area contributed by atoms with Crippen LogP contribution in [0, 0.1) is 0 Å². The Morgan fingerprint density at radius 1 is 1.40 bits per heavy atom. The Balaban J connectivity index is 2.81. The van der Waals surface area contributed by atoms with Gasteiger partial charge in [0.05, 0.1) is 10.0 Å². The third-order valence-electron chi connectivity index (χ3n) is 2.85. The lowest BCUT2D eigenvalue weighted by Gasteiger charge is -2.25. The van der Waals surface area contributed by atoms with E-state index in [0.29, 0.717) is 28.6 Å². The average Bonchev–Trinajstić information content (AvgIpc) is 2.40. The van der Waals surface area contributed by atoms with Crippen molar-refractivity contribution in [3.05, 3.63) is 39.9 Å². The number of aliphatic hydroxyl groups is 1. The van der Waals surface area contributed by atoms with Gasteiger partial charge in [-0.1, -0.05) is 35.3 Å². The third-order valence-corrected chi connectivity index (χ3v) is 3.68. The van der Waals surface area contributed by atoms with Gasteiger partial charge in [-0.15, -0.1) is 0 Å². The van der Waals surface area contributed by atoms with Crippen molar-refractivity contribution in [3.8, 4) is 0 Å². The molecule has 0 aliphatic heterocycles. The van der Waals surface area contributed by atoms with Gasteiger partial charge in [-0.3, -0.25) is 4.79 Å². The maximum Gasteiger partial charge on any atom is 0.246 e. The molecular formula is C15H19Cl2NO2. The molecule has 0 saturated carbocycles. The Hall–Kier alpha value is -1.03. The zero-order valence-corrected chi connectivity index (χ0v) is 13.2. The first-order valence-electron chi connectivity index (χ1n) is 6.51. The van der Waals surface area contributed by atoms with E-state index in [2.05, 4.69) is 0 Å². The Kier molecular flexibility index (Phi) is 7.06. The van der Waals surface area contributed by atoms with Crippen LogP contribution in [0.15, 0.2) is 24.3 Å². The summed E-state index contributed by atoms with van der Waals surface area (Å²) in [6.07, 6.45) is 3.70. The van der Waals surface area contributed by atoms with Crippen LogP contribution >= 0.6 is 23.2 Å². The SMILES string of the molecule is CC(C)N(CCCO)C(=O)/C=C/c1cccc(Cl)c1Cl. The highest BCUT2D eigenvalue weighted by atomic mass is 35.5. The number of rotatable bonds is 6. The lowest BCUT2D eigenvalue weighted by Crippen LogP contribution is -2.36. The summed E-state index contributed by atoms with van der Waals surface area (Å²) in [4.78, 5) is 13.8. The average molecular weight is 316 g/mol. The van der Waals surface area contributed by atoms with Gasteiger partial charge in [0.2, 0.25) is 5.91 Å². The molecule has 0 aromatic heterocycles. The van der Waals surface area contributed by atoms with Crippen molar-refractivity contribution in [2.75, 3.05) is 13.2 Å². The second kappa shape index (κ2) is 8.30. The molecule has 0 aliphatic carbocycles. The van der Waals surface area contributed by atoms with Gasteiger partial charge < -0.3 is 10.0 Å². The Morgan fingerprint density at radius 2 is 2.10 bits per heavy atom. The molecule has 0 heterocycles. The van der Waals surface area contributed by atoms with E-state index in [1.165, 1.54) is 6.08 Å². The van der Waals surface area contributed by atoms with Crippen LogP contribution in [0.2, 0.25) is 10.0 Å². The van der Waals surface area contributed by atoms with Crippen LogP contribution in [0.5, 0.6) is 0 Å². The Bertz CT molecular complexity index is 487.